The molecule has 5 rings (SSSR count). The van der Waals surface area contributed by atoms with Gasteiger partial charge in [-0.15, -0.1) is 0 Å². The second-order valence-electron chi connectivity index (χ2n) is 6.75. The first-order valence-electron chi connectivity index (χ1n) is 8.54. The minimum absolute atomic E-state index is 0.761. The summed E-state index contributed by atoms with van der Waals surface area (Å²) in [4.78, 5) is 0. The van der Waals surface area contributed by atoms with E-state index in [1.165, 1.54) is 46.9 Å². The Morgan fingerprint density at radius 1 is 0.955 bits per heavy atom. The van der Waals surface area contributed by atoms with Gasteiger partial charge in [-0.05, 0) is 75.9 Å². The first-order valence-corrected chi connectivity index (χ1v) is 8.54. The average Bonchev–Trinajstić information content (AvgIpc) is 2.61. The lowest BCUT2D eigenvalue weighted by Crippen LogP contribution is -2.29. The third kappa shape index (κ3) is 1.64. The normalized spacial score (nSPS) is 22.0. The molecule has 0 N–H and O–H groups in total. The molecule has 0 saturated carbocycles. The zero-order chi connectivity index (χ0) is 14.5. The number of allylic oxidation sites excluding steroid dienone is 4. The van der Waals surface area contributed by atoms with Crippen LogP contribution < -0.4 is 10.4 Å². The third-order valence-electron chi connectivity index (χ3n) is 5.58. The van der Waals surface area contributed by atoms with E-state index in [0.29, 0.717) is 0 Å². The molecule has 1 unspecified atom stereocenters. The van der Waals surface area contributed by atoms with Gasteiger partial charge in [0.15, 0.2) is 0 Å². The van der Waals surface area contributed by atoms with Crippen LogP contribution in [0, 0.1) is 5.92 Å². The highest BCUT2D eigenvalue weighted by atomic mass is 14.3. The molecule has 0 spiro atoms. The van der Waals surface area contributed by atoms with E-state index in [0.717, 1.165) is 12.3 Å². The number of benzene rings is 2. The Kier molecular flexibility index (Phi) is 2.67. The zero-order valence-corrected chi connectivity index (χ0v) is 12.8. The van der Waals surface area contributed by atoms with Gasteiger partial charge in [0.2, 0.25) is 0 Å². The van der Waals surface area contributed by atoms with E-state index in [4.69, 9.17) is 0 Å². The minimum atomic E-state index is 0.761. The van der Waals surface area contributed by atoms with Crippen LogP contribution >= 0.6 is 0 Å². The molecule has 108 valence electrons. The lowest BCUT2D eigenvalue weighted by Gasteiger charge is -2.30. The fourth-order valence-corrected chi connectivity index (χ4v) is 4.60. The van der Waals surface area contributed by atoms with Gasteiger partial charge in [-0.1, -0.05) is 54.6 Å². The summed E-state index contributed by atoms with van der Waals surface area (Å²) in [7, 11) is 0. The van der Waals surface area contributed by atoms with Gasteiger partial charge < -0.3 is 0 Å². The predicted molar refractivity (Wildman–Crippen MR) is 94.9 cm³/mol. The second kappa shape index (κ2) is 4.71. The lowest BCUT2D eigenvalue weighted by atomic mass is 9.74. The molecule has 0 aromatic heterocycles. The van der Waals surface area contributed by atoms with Crippen LogP contribution in [0.15, 0.2) is 42.5 Å². The maximum Gasteiger partial charge on any atom is -0.00819 e. The maximum atomic E-state index is 2.54. The van der Waals surface area contributed by atoms with Crippen molar-refractivity contribution in [2.45, 2.75) is 32.1 Å². The van der Waals surface area contributed by atoms with Gasteiger partial charge in [0.05, 0.1) is 0 Å². The highest BCUT2D eigenvalue weighted by Crippen LogP contribution is 2.38. The quantitative estimate of drug-likeness (QED) is 0.683. The molecule has 0 fully saturated rings. The SMILES string of the molecule is C1=CCc2c3c(c4ccccc4c2=C1)=CCC1CCCC=C31. The molecule has 3 aliphatic carbocycles. The molecule has 3 aliphatic rings. The Balaban J connectivity index is 2.00. The Labute approximate surface area is 131 Å². The van der Waals surface area contributed by atoms with Crippen LogP contribution in [-0.2, 0) is 6.42 Å². The van der Waals surface area contributed by atoms with E-state index in [1.807, 2.05) is 0 Å². The van der Waals surface area contributed by atoms with Gasteiger partial charge in [0.25, 0.3) is 0 Å². The van der Waals surface area contributed by atoms with Crippen LogP contribution in [0.1, 0.15) is 36.8 Å². The molecule has 0 aliphatic heterocycles. The van der Waals surface area contributed by atoms with Crippen LogP contribution in [0.3, 0.4) is 0 Å². The molecule has 2 aromatic carbocycles. The summed E-state index contributed by atoms with van der Waals surface area (Å²) in [5.74, 6) is 0.761. The molecule has 0 heteroatoms. The largest absolute Gasteiger partial charge is 0.0804 e. The Hall–Kier alpha value is -2.08. The summed E-state index contributed by atoms with van der Waals surface area (Å²) >= 11 is 0. The summed E-state index contributed by atoms with van der Waals surface area (Å²) in [6.07, 6.45) is 18.2. The van der Waals surface area contributed by atoms with Crippen molar-refractivity contribution >= 4 is 28.5 Å². The van der Waals surface area contributed by atoms with E-state index in [1.54, 1.807) is 16.7 Å². The molecule has 0 saturated heterocycles. The molecule has 0 heterocycles. The topological polar surface area (TPSA) is 0 Å². The molecule has 0 bridgehead atoms. The maximum absolute atomic E-state index is 2.54. The molecule has 2 aromatic rings. The van der Waals surface area contributed by atoms with E-state index in [9.17, 15) is 0 Å². The van der Waals surface area contributed by atoms with E-state index in [2.05, 4.69) is 54.6 Å². The molecule has 0 nitrogen and oxygen atoms in total. The Morgan fingerprint density at radius 2 is 1.82 bits per heavy atom. The van der Waals surface area contributed by atoms with Gasteiger partial charge in [-0.2, -0.15) is 0 Å². The van der Waals surface area contributed by atoms with Crippen LogP contribution in [0.4, 0.5) is 0 Å². The summed E-state index contributed by atoms with van der Waals surface area (Å²) in [6.45, 7) is 0. The van der Waals surface area contributed by atoms with E-state index >= 15 is 0 Å². The summed E-state index contributed by atoms with van der Waals surface area (Å²) in [5.41, 5.74) is 4.78. The van der Waals surface area contributed by atoms with Crippen molar-refractivity contribution in [1.29, 1.82) is 0 Å². The number of fused-ring (bicyclic) bond motifs is 8. The highest BCUT2D eigenvalue weighted by molar-refractivity contribution is 5.92. The smallest absolute Gasteiger partial charge is 0.00819 e. The van der Waals surface area contributed by atoms with Gasteiger partial charge in [0.1, 0.15) is 0 Å². The highest BCUT2D eigenvalue weighted by Gasteiger charge is 2.26. The molecular formula is C22H20. The summed E-state index contributed by atoms with van der Waals surface area (Å²) < 4.78 is 0. The monoisotopic (exact) mass is 284 g/mol. The lowest BCUT2D eigenvalue weighted by molar-refractivity contribution is 0.568. The van der Waals surface area contributed by atoms with Crippen molar-refractivity contribution < 1.29 is 0 Å². The molecular weight excluding hydrogens is 264 g/mol. The standard InChI is InChI=1S/C22H20/c1-2-8-16-15(7-1)13-14-21-19-11-4-3-9-17(19)18-10-5-6-12-20(18)22(16)21/h3-6,8-11,14-15H,1-2,7,12-13H2. The first-order chi connectivity index (χ1) is 10.9. The van der Waals surface area contributed by atoms with Crippen molar-refractivity contribution in [3.63, 3.8) is 0 Å². The summed E-state index contributed by atoms with van der Waals surface area (Å²) in [5, 5.41) is 5.82. The fraction of sp³-hybridized carbons (Fsp3) is 0.273. The van der Waals surface area contributed by atoms with Crippen molar-refractivity contribution in [3.8, 4) is 0 Å². The second-order valence-corrected chi connectivity index (χ2v) is 6.75. The Morgan fingerprint density at radius 3 is 2.73 bits per heavy atom. The molecule has 0 radical (unpaired) electrons. The molecule has 0 amide bonds. The molecule has 1 atom stereocenters. The van der Waals surface area contributed by atoms with Gasteiger partial charge in [0, 0.05) is 0 Å². The summed E-state index contributed by atoms with van der Waals surface area (Å²) in [6, 6.07) is 8.95. The van der Waals surface area contributed by atoms with Gasteiger partial charge in [-0.25, -0.2) is 0 Å². The predicted octanol–water partition coefficient (Wildman–Crippen LogP) is 4.10. The number of hydrogen-bond donors (Lipinski definition) is 0. The third-order valence-corrected chi connectivity index (χ3v) is 5.58. The van der Waals surface area contributed by atoms with Crippen LogP contribution in [0.25, 0.3) is 28.5 Å². The number of hydrogen-bond acceptors (Lipinski definition) is 0. The average molecular weight is 284 g/mol. The van der Waals surface area contributed by atoms with Crippen LogP contribution in [0.5, 0.6) is 0 Å². The van der Waals surface area contributed by atoms with Crippen molar-refractivity contribution in [2.24, 2.45) is 5.92 Å². The Bertz CT molecular complexity index is 954. The first kappa shape index (κ1) is 12.5. The van der Waals surface area contributed by atoms with Crippen molar-refractivity contribution in [2.75, 3.05) is 0 Å². The van der Waals surface area contributed by atoms with E-state index in [-0.39, 0.29) is 0 Å². The molecule has 22 heavy (non-hydrogen) atoms. The minimum Gasteiger partial charge on any atom is -0.0804 e. The van der Waals surface area contributed by atoms with E-state index < -0.39 is 0 Å². The number of rotatable bonds is 0. The van der Waals surface area contributed by atoms with Gasteiger partial charge >= 0.3 is 0 Å². The van der Waals surface area contributed by atoms with Crippen LogP contribution in [0.2, 0.25) is 0 Å². The van der Waals surface area contributed by atoms with Gasteiger partial charge in [-0.3, -0.25) is 0 Å². The fourth-order valence-electron chi connectivity index (χ4n) is 4.60. The van der Waals surface area contributed by atoms with Crippen molar-refractivity contribution in [3.05, 3.63) is 64.1 Å². The zero-order valence-electron chi connectivity index (χ0n) is 12.8. The van der Waals surface area contributed by atoms with Crippen molar-refractivity contribution in [1.82, 2.24) is 0 Å². The van der Waals surface area contributed by atoms with Crippen LogP contribution in [-0.4, -0.2) is 0 Å².